The second-order valence-electron chi connectivity index (χ2n) is 7.26. The summed E-state index contributed by atoms with van der Waals surface area (Å²) < 4.78 is 0. The monoisotopic (exact) mass is 349 g/mol. The Hall–Kier alpha value is -2.49. The third-order valence-electron chi connectivity index (χ3n) is 5.44. The zero-order valence-electron chi connectivity index (χ0n) is 15.3. The van der Waals surface area contributed by atoms with Crippen molar-refractivity contribution >= 4 is 23.0 Å². The molecule has 0 unspecified atom stereocenters. The molecule has 0 spiro atoms. The molecular weight excluding hydrogens is 322 g/mol. The Bertz CT molecular complexity index is 750. The molecule has 0 saturated carbocycles. The van der Waals surface area contributed by atoms with Gasteiger partial charge in [-0.3, -0.25) is 4.79 Å². The molecule has 26 heavy (non-hydrogen) atoms. The molecule has 2 aromatic rings. The maximum Gasteiger partial charge on any atom is 0.226 e. The molecule has 0 atom stereocenters. The minimum Gasteiger partial charge on any atom is -0.372 e. The molecule has 0 radical (unpaired) electrons. The number of carbonyl (C=O) groups is 1. The number of amides is 1. The van der Waals surface area contributed by atoms with E-state index in [4.69, 9.17) is 0 Å². The fraction of sp³-hybridized carbons (Fsp3) is 0.409. The number of para-hydroxylation sites is 1. The van der Waals surface area contributed by atoms with Gasteiger partial charge in [0.1, 0.15) is 0 Å². The number of hydrogen-bond donors (Lipinski definition) is 1. The third-order valence-corrected chi connectivity index (χ3v) is 5.44. The second kappa shape index (κ2) is 7.81. The maximum atomic E-state index is 12.4. The van der Waals surface area contributed by atoms with E-state index < -0.39 is 0 Å². The minimum absolute atomic E-state index is 0.0852. The summed E-state index contributed by atoms with van der Waals surface area (Å²) in [5.41, 5.74) is 4.83. The number of rotatable bonds is 5. The second-order valence-corrected chi connectivity index (χ2v) is 7.26. The van der Waals surface area contributed by atoms with Crippen LogP contribution in [0.1, 0.15) is 31.2 Å². The lowest BCUT2D eigenvalue weighted by molar-refractivity contribution is -0.116. The van der Waals surface area contributed by atoms with Crippen LogP contribution in [0.2, 0.25) is 0 Å². The number of anilines is 3. The topological polar surface area (TPSA) is 35.6 Å². The largest absolute Gasteiger partial charge is 0.372 e. The van der Waals surface area contributed by atoms with Crippen LogP contribution in [0, 0.1) is 0 Å². The van der Waals surface area contributed by atoms with Crippen molar-refractivity contribution in [1.29, 1.82) is 0 Å². The van der Waals surface area contributed by atoms with Crippen LogP contribution in [0.25, 0.3) is 0 Å². The Kier molecular flexibility index (Phi) is 5.09. The standard InChI is InChI=1S/C22H27N3O/c26-22(13-17-25-16-5-7-18-6-1-2-8-21(18)25)23-19-9-11-20(12-10-19)24-14-3-4-15-24/h1-2,6,8-12H,3-5,7,13-17H2,(H,23,26). The average molecular weight is 349 g/mol. The van der Waals surface area contributed by atoms with Gasteiger partial charge >= 0.3 is 0 Å². The highest BCUT2D eigenvalue weighted by Gasteiger charge is 2.17. The molecule has 4 heteroatoms. The van der Waals surface area contributed by atoms with E-state index >= 15 is 0 Å². The van der Waals surface area contributed by atoms with Gasteiger partial charge in [-0.05, 0) is 61.6 Å². The lowest BCUT2D eigenvalue weighted by Gasteiger charge is -2.31. The molecule has 0 aromatic heterocycles. The summed E-state index contributed by atoms with van der Waals surface area (Å²) in [6.45, 7) is 4.09. The predicted molar refractivity (Wildman–Crippen MR) is 108 cm³/mol. The maximum absolute atomic E-state index is 12.4. The number of benzene rings is 2. The Labute approximate surface area is 155 Å². The number of nitrogens with one attached hydrogen (secondary N) is 1. The van der Waals surface area contributed by atoms with Gasteiger partial charge in [0.15, 0.2) is 0 Å². The van der Waals surface area contributed by atoms with E-state index in [0.29, 0.717) is 6.42 Å². The van der Waals surface area contributed by atoms with Gasteiger partial charge in [-0.1, -0.05) is 18.2 Å². The van der Waals surface area contributed by atoms with E-state index in [9.17, 15) is 4.79 Å². The molecule has 2 aliphatic rings. The first kappa shape index (κ1) is 17.0. The van der Waals surface area contributed by atoms with Crippen molar-refractivity contribution < 1.29 is 4.79 Å². The van der Waals surface area contributed by atoms with Crippen molar-refractivity contribution in [2.75, 3.05) is 41.3 Å². The first-order valence-electron chi connectivity index (χ1n) is 9.77. The molecule has 0 bridgehead atoms. The summed E-state index contributed by atoms with van der Waals surface area (Å²) in [5.74, 6) is 0.0852. The van der Waals surface area contributed by atoms with E-state index in [-0.39, 0.29) is 5.91 Å². The molecule has 0 aliphatic carbocycles. The van der Waals surface area contributed by atoms with Gasteiger partial charge in [-0.2, -0.15) is 0 Å². The molecule has 1 saturated heterocycles. The van der Waals surface area contributed by atoms with Crippen LogP contribution in [0.15, 0.2) is 48.5 Å². The number of carbonyl (C=O) groups excluding carboxylic acids is 1. The summed E-state index contributed by atoms with van der Waals surface area (Å²) in [5, 5.41) is 3.04. The van der Waals surface area contributed by atoms with Crippen molar-refractivity contribution in [3.63, 3.8) is 0 Å². The average Bonchev–Trinajstić information content (AvgIpc) is 3.22. The molecule has 4 nitrogen and oxygen atoms in total. The van der Waals surface area contributed by atoms with E-state index in [1.807, 2.05) is 12.1 Å². The Morgan fingerprint density at radius 3 is 2.50 bits per heavy atom. The zero-order valence-corrected chi connectivity index (χ0v) is 15.3. The molecule has 2 heterocycles. The van der Waals surface area contributed by atoms with Gasteiger partial charge in [-0.15, -0.1) is 0 Å². The molecule has 2 aliphatic heterocycles. The molecule has 136 valence electrons. The van der Waals surface area contributed by atoms with Crippen LogP contribution < -0.4 is 15.1 Å². The van der Waals surface area contributed by atoms with E-state index in [0.717, 1.165) is 44.7 Å². The highest BCUT2D eigenvalue weighted by atomic mass is 16.1. The molecule has 1 N–H and O–H groups in total. The Balaban J connectivity index is 1.30. The van der Waals surface area contributed by atoms with Crippen molar-refractivity contribution in [3.8, 4) is 0 Å². The summed E-state index contributed by atoms with van der Waals surface area (Å²) >= 11 is 0. The summed E-state index contributed by atoms with van der Waals surface area (Å²) in [6.07, 6.45) is 5.37. The van der Waals surface area contributed by atoms with Crippen molar-refractivity contribution in [3.05, 3.63) is 54.1 Å². The van der Waals surface area contributed by atoms with Gasteiger partial charge in [0.25, 0.3) is 0 Å². The Morgan fingerprint density at radius 2 is 1.69 bits per heavy atom. The van der Waals surface area contributed by atoms with Crippen LogP contribution in [0.5, 0.6) is 0 Å². The lowest BCUT2D eigenvalue weighted by atomic mass is 10.0. The van der Waals surface area contributed by atoms with Crippen LogP contribution >= 0.6 is 0 Å². The van der Waals surface area contributed by atoms with Gasteiger partial charge in [0.2, 0.25) is 5.91 Å². The highest BCUT2D eigenvalue weighted by molar-refractivity contribution is 5.91. The lowest BCUT2D eigenvalue weighted by Crippen LogP contribution is -2.32. The van der Waals surface area contributed by atoms with E-state index in [1.165, 1.54) is 29.8 Å². The van der Waals surface area contributed by atoms with Gasteiger partial charge in [0, 0.05) is 49.7 Å². The van der Waals surface area contributed by atoms with Crippen molar-refractivity contribution in [2.24, 2.45) is 0 Å². The van der Waals surface area contributed by atoms with Crippen molar-refractivity contribution in [2.45, 2.75) is 32.1 Å². The molecule has 2 aromatic carbocycles. The van der Waals surface area contributed by atoms with Crippen LogP contribution in [-0.4, -0.2) is 32.1 Å². The van der Waals surface area contributed by atoms with Gasteiger partial charge in [0.05, 0.1) is 0 Å². The SMILES string of the molecule is O=C(CCN1CCCc2ccccc21)Nc1ccc(N2CCCC2)cc1. The molecule has 1 fully saturated rings. The van der Waals surface area contributed by atoms with E-state index in [2.05, 4.69) is 51.5 Å². The zero-order chi connectivity index (χ0) is 17.8. The highest BCUT2D eigenvalue weighted by Crippen LogP contribution is 2.27. The number of aryl methyl sites for hydroxylation is 1. The van der Waals surface area contributed by atoms with Crippen LogP contribution in [-0.2, 0) is 11.2 Å². The summed E-state index contributed by atoms with van der Waals surface area (Å²) in [4.78, 5) is 17.1. The van der Waals surface area contributed by atoms with E-state index in [1.54, 1.807) is 0 Å². The smallest absolute Gasteiger partial charge is 0.226 e. The minimum atomic E-state index is 0.0852. The normalized spacial score (nSPS) is 16.5. The fourth-order valence-electron chi connectivity index (χ4n) is 4.03. The van der Waals surface area contributed by atoms with Crippen LogP contribution in [0.4, 0.5) is 17.1 Å². The summed E-state index contributed by atoms with van der Waals surface area (Å²) in [7, 11) is 0. The number of fused-ring (bicyclic) bond motifs is 1. The fourth-order valence-corrected chi connectivity index (χ4v) is 4.03. The predicted octanol–water partition coefficient (Wildman–Crippen LogP) is 4.07. The van der Waals surface area contributed by atoms with Crippen molar-refractivity contribution in [1.82, 2.24) is 0 Å². The first-order valence-corrected chi connectivity index (χ1v) is 9.77. The first-order chi connectivity index (χ1) is 12.8. The quantitative estimate of drug-likeness (QED) is 0.884. The summed E-state index contributed by atoms with van der Waals surface area (Å²) in [6, 6.07) is 16.8. The van der Waals surface area contributed by atoms with Gasteiger partial charge < -0.3 is 15.1 Å². The Morgan fingerprint density at radius 1 is 0.923 bits per heavy atom. The molecule has 1 amide bonds. The number of hydrogen-bond acceptors (Lipinski definition) is 3. The molecular formula is C22H27N3O. The molecule has 4 rings (SSSR count). The van der Waals surface area contributed by atoms with Gasteiger partial charge in [-0.25, -0.2) is 0 Å². The number of nitrogens with zero attached hydrogens (tertiary/aromatic N) is 2. The van der Waals surface area contributed by atoms with Crippen LogP contribution in [0.3, 0.4) is 0 Å². The third kappa shape index (κ3) is 3.85.